The molecule has 0 saturated carbocycles. The van der Waals surface area contributed by atoms with Crippen molar-refractivity contribution in [1.82, 2.24) is 0 Å². The number of anilines is 2. The van der Waals surface area contributed by atoms with Crippen LogP contribution in [0.25, 0.3) is 0 Å². The van der Waals surface area contributed by atoms with Gasteiger partial charge in [0.05, 0.1) is 12.3 Å². The molecule has 1 atom stereocenters. The summed E-state index contributed by atoms with van der Waals surface area (Å²) in [6.07, 6.45) is 0. The van der Waals surface area contributed by atoms with Crippen LogP contribution in [0, 0.1) is 11.7 Å². The first-order valence-corrected chi connectivity index (χ1v) is 5.83. The monoisotopic (exact) mass is 254 g/mol. The fourth-order valence-corrected chi connectivity index (χ4v) is 1.56. The second-order valence-electron chi connectivity index (χ2n) is 4.32. The number of rotatable bonds is 6. The molecule has 0 spiro atoms. The molecule has 1 rings (SSSR count). The maximum atomic E-state index is 13.4. The number of hydrogen-bond acceptors (Lipinski definition) is 3. The number of hydrogen-bond donors (Lipinski definition) is 2. The molecular formula is C13H19FN2O2. The first-order valence-electron chi connectivity index (χ1n) is 5.83. The molecule has 0 saturated heterocycles. The number of benzene rings is 1. The van der Waals surface area contributed by atoms with E-state index in [-0.39, 0.29) is 11.6 Å². The molecule has 1 amide bonds. The van der Waals surface area contributed by atoms with Crippen LogP contribution < -0.4 is 10.6 Å². The molecule has 0 aliphatic heterocycles. The number of ether oxygens (including phenoxy) is 1. The molecule has 4 nitrogen and oxygen atoms in total. The van der Waals surface area contributed by atoms with Gasteiger partial charge < -0.3 is 15.4 Å². The normalized spacial score (nSPS) is 12.0. The Kier molecular flexibility index (Phi) is 5.58. The van der Waals surface area contributed by atoms with E-state index < -0.39 is 5.82 Å². The van der Waals surface area contributed by atoms with E-state index in [0.717, 1.165) is 12.2 Å². The van der Waals surface area contributed by atoms with Gasteiger partial charge in [-0.05, 0) is 24.1 Å². The van der Waals surface area contributed by atoms with Gasteiger partial charge in [-0.2, -0.15) is 0 Å². The molecule has 0 bridgehead atoms. The Morgan fingerprint density at radius 1 is 1.50 bits per heavy atom. The topological polar surface area (TPSA) is 50.4 Å². The molecule has 0 heterocycles. The molecule has 2 N–H and O–H groups in total. The summed E-state index contributed by atoms with van der Waals surface area (Å²) in [6, 6.07) is 4.55. The van der Waals surface area contributed by atoms with Crippen LogP contribution in [0.2, 0.25) is 0 Å². The molecule has 0 fully saturated rings. The smallest absolute Gasteiger partial charge is 0.221 e. The minimum absolute atomic E-state index is 0.187. The van der Waals surface area contributed by atoms with Crippen LogP contribution in [0.4, 0.5) is 15.8 Å². The van der Waals surface area contributed by atoms with E-state index >= 15 is 0 Å². The van der Waals surface area contributed by atoms with Gasteiger partial charge in [-0.1, -0.05) is 6.92 Å². The molecule has 1 aromatic rings. The minimum atomic E-state index is -0.444. The molecule has 18 heavy (non-hydrogen) atoms. The molecule has 5 heteroatoms. The average molecular weight is 254 g/mol. The Labute approximate surface area is 107 Å². The first-order chi connectivity index (χ1) is 8.52. The summed E-state index contributed by atoms with van der Waals surface area (Å²) in [6.45, 7) is 4.78. The fourth-order valence-electron chi connectivity index (χ4n) is 1.56. The predicted octanol–water partition coefficient (Wildman–Crippen LogP) is 2.48. The quantitative estimate of drug-likeness (QED) is 0.820. The van der Waals surface area contributed by atoms with E-state index in [4.69, 9.17) is 4.74 Å². The molecular weight excluding hydrogens is 235 g/mol. The molecule has 1 aromatic carbocycles. The van der Waals surface area contributed by atoms with E-state index in [2.05, 4.69) is 17.6 Å². The van der Waals surface area contributed by atoms with E-state index in [1.54, 1.807) is 19.2 Å². The fraction of sp³-hybridized carbons (Fsp3) is 0.462. The number of halogens is 1. The molecule has 0 aromatic heterocycles. The van der Waals surface area contributed by atoms with Crippen LogP contribution in [0.1, 0.15) is 13.8 Å². The van der Waals surface area contributed by atoms with E-state index in [1.807, 2.05) is 0 Å². The zero-order valence-electron chi connectivity index (χ0n) is 10.9. The third kappa shape index (κ3) is 4.71. The highest BCUT2D eigenvalue weighted by Crippen LogP contribution is 2.19. The van der Waals surface area contributed by atoms with Crippen molar-refractivity contribution in [2.45, 2.75) is 13.8 Å². The highest BCUT2D eigenvalue weighted by molar-refractivity contribution is 5.89. The number of carbonyl (C=O) groups excluding carboxylic acids is 1. The van der Waals surface area contributed by atoms with Crippen molar-refractivity contribution < 1.29 is 13.9 Å². The average Bonchev–Trinajstić information content (AvgIpc) is 2.30. The number of carbonyl (C=O) groups is 1. The van der Waals surface area contributed by atoms with Gasteiger partial charge in [0, 0.05) is 26.3 Å². The Balaban J connectivity index is 2.64. The van der Waals surface area contributed by atoms with Crippen LogP contribution in [-0.2, 0) is 9.53 Å². The maximum absolute atomic E-state index is 13.4. The molecule has 100 valence electrons. The van der Waals surface area contributed by atoms with Crippen molar-refractivity contribution in [2.75, 3.05) is 30.9 Å². The van der Waals surface area contributed by atoms with Crippen LogP contribution in [0.3, 0.4) is 0 Å². The summed E-state index contributed by atoms with van der Waals surface area (Å²) in [5.41, 5.74) is 0.954. The molecule has 1 unspecified atom stereocenters. The Bertz CT molecular complexity index is 410. The van der Waals surface area contributed by atoms with E-state index in [9.17, 15) is 9.18 Å². The van der Waals surface area contributed by atoms with Crippen molar-refractivity contribution >= 4 is 17.3 Å². The predicted molar refractivity (Wildman–Crippen MR) is 70.2 cm³/mol. The lowest BCUT2D eigenvalue weighted by molar-refractivity contribution is -0.114. The molecule has 0 aliphatic rings. The Morgan fingerprint density at radius 3 is 2.83 bits per heavy atom. The summed E-state index contributed by atoms with van der Waals surface area (Å²) in [5.74, 6) is -0.385. The zero-order valence-corrected chi connectivity index (χ0v) is 10.9. The van der Waals surface area contributed by atoms with Crippen LogP contribution in [0.15, 0.2) is 18.2 Å². The summed E-state index contributed by atoms with van der Waals surface area (Å²) >= 11 is 0. The van der Waals surface area contributed by atoms with Crippen molar-refractivity contribution in [3.8, 4) is 0 Å². The Hall–Kier alpha value is -1.62. The third-order valence-corrected chi connectivity index (χ3v) is 2.38. The second-order valence-corrected chi connectivity index (χ2v) is 4.32. The third-order valence-electron chi connectivity index (χ3n) is 2.38. The molecule has 0 radical (unpaired) electrons. The van der Waals surface area contributed by atoms with Crippen molar-refractivity contribution in [2.24, 2.45) is 5.92 Å². The first kappa shape index (κ1) is 14.4. The van der Waals surface area contributed by atoms with Crippen molar-refractivity contribution in [3.05, 3.63) is 24.0 Å². The van der Waals surface area contributed by atoms with Crippen molar-refractivity contribution in [3.63, 3.8) is 0 Å². The lowest BCUT2D eigenvalue weighted by Gasteiger charge is -2.13. The SMILES string of the molecule is COCC(C)CNc1ccc(F)c(NC(C)=O)c1. The maximum Gasteiger partial charge on any atom is 0.221 e. The largest absolute Gasteiger partial charge is 0.385 e. The summed E-state index contributed by atoms with van der Waals surface area (Å²) in [4.78, 5) is 10.9. The standard InChI is InChI=1S/C13H19FN2O2/c1-9(8-18-3)7-15-11-4-5-12(14)13(6-11)16-10(2)17/h4-6,9,15H,7-8H2,1-3H3,(H,16,17). The van der Waals surface area contributed by atoms with Gasteiger partial charge in [0.15, 0.2) is 0 Å². The van der Waals surface area contributed by atoms with Crippen LogP contribution in [-0.4, -0.2) is 26.2 Å². The number of amides is 1. The number of methoxy groups -OCH3 is 1. The van der Waals surface area contributed by atoms with Crippen LogP contribution >= 0.6 is 0 Å². The van der Waals surface area contributed by atoms with Gasteiger partial charge in [0.2, 0.25) is 5.91 Å². The van der Waals surface area contributed by atoms with Gasteiger partial charge in [-0.25, -0.2) is 4.39 Å². The van der Waals surface area contributed by atoms with Gasteiger partial charge in [-0.15, -0.1) is 0 Å². The van der Waals surface area contributed by atoms with Gasteiger partial charge in [0.25, 0.3) is 0 Å². The summed E-state index contributed by atoms with van der Waals surface area (Å²) in [7, 11) is 1.66. The second kappa shape index (κ2) is 6.96. The molecule has 0 aliphatic carbocycles. The lowest BCUT2D eigenvalue weighted by Crippen LogP contribution is -2.16. The highest BCUT2D eigenvalue weighted by Gasteiger charge is 2.06. The minimum Gasteiger partial charge on any atom is -0.385 e. The lowest BCUT2D eigenvalue weighted by atomic mass is 10.2. The van der Waals surface area contributed by atoms with Crippen LogP contribution in [0.5, 0.6) is 0 Å². The van der Waals surface area contributed by atoms with E-state index in [1.165, 1.54) is 13.0 Å². The summed E-state index contributed by atoms with van der Waals surface area (Å²) in [5, 5.41) is 5.62. The highest BCUT2D eigenvalue weighted by atomic mass is 19.1. The van der Waals surface area contributed by atoms with Gasteiger partial charge in [0.1, 0.15) is 5.82 Å². The van der Waals surface area contributed by atoms with Gasteiger partial charge >= 0.3 is 0 Å². The van der Waals surface area contributed by atoms with Gasteiger partial charge in [-0.3, -0.25) is 4.79 Å². The Morgan fingerprint density at radius 2 is 2.22 bits per heavy atom. The zero-order chi connectivity index (χ0) is 13.5. The van der Waals surface area contributed by atoms with Crippen molar-refractivity contribution in [1.29, 1.82) is 0 Å². The summed E-state index contributed by atoms with van der Waals surface area (Å²) < 4.78 is 18.4. The number of nitrogens with one attached hydrogen (secondary N) is 2. The van der Waals surface area contributed by atoms with E-state index in [0.29, 0.717) is 12.5 Å².